The number of carbonyl (C=O) groups excluding carboxylic acids is 3. The largest absolute Gasteiger partial charge is 0.481 e. The Morgan fingerprint density at radius 1 is 0.971 bits per heavy atom. The molecule has 9 nitrogen and oxygen atoms in total. The second kappa shape index (κ2) is 10.2. The monoisotopic (exact) mass is 478 g/mol. The van der Waals surface area contributed by atoms with E-state index < -0.39 is 5.91 Å². The summed E-state index contributed by atoms with van der Waals surface area (Å²) in [6.45, 7) is 1.96. The number of fused-ring (bicyclic) bond motifs is 1. The number of hydrogen-bond acceptors (Lipinski definition) is 6. The molecule has 2 heterocycles. The van der Waals surface area contributed by atoms with Crippen LogP contribution in [0, 0.1) is 18.8 Å². The van der Waals surface area contributed by atoms with Gasteiger partial charge in [-0.05, 0) is 50.8 Å². The lowest BCUT2D eigenvalue weighted by molar-refractivity contribution is -0.135. The number of anilines is 2. The molecule has 4 rings (SSSR count). The summed E-state index contributed by atoms with van der Waals surface area (Å²) in [5, 5.41) is 5.70. The SMILES string of the molecule is COc1ccc2oc(C(=O)Nc3ccc(C)cc3)c(NC(=O)[C@H]3CC[C@H](C(=O)N(C)C)CC3)c2n1. The van der Waals surface area contributed by atoms with Crippen molar-refractivity contribution in [2.24, 2.45) is 11.8 Å². The lowest BCUT2D eigenvalue weighted by Crippen LogP contribution is -2.35. The van der Waals surface area contributed by atoms with Crippen molar-refractivity contribution in [2.75, 3.05) is 31.8 Å². The van der Waals surface area contributed by atoms with E-state index in [1.807, 2.05) is 19.1 Å². The summed E-state index contributed by atoms with van der Waals surface area (Å²) >= 11 is 0. The Balaban J connectivity index is 1.58. The van der Waals surface area contributed by atoms with Crippen LogP contribution in [0.1, 0.15) is 41.8 Å². The van der Waals surface area contributed by atoms with Crippen LogP contribution in [0.15, 0.2) is 40.8 Å². The Morgan fingerprint density at radius 2 is 1.63 bits per heavy atom. The molecule has 1 aromatic carbocycles. The Hall–Kier alpha value is -3.88. The summed E-state index contributed by atoms with van der Waals surface area (Å²) in [7, 11) is 4.98. The molecule has 1 aliphatic carbocycles. The first-order valence-electron chi connectivity index (χ1n) is 11.6. The van der Waals surface area contributed by atoms with Crippen LogP contribution >= 0.6 is 0 Å². The van der Waals surface area contributed by atoms with Gasteiger partial charge in [-0.1, -0.05) is 17.7 Å². The average molecular weight is 479 g/mol. The molecule has 2 aromatic heterocycles. The number of rotatable bonds is 6. The fourth-order valence-electron chi connectivity index (χ4n) is 4.37. The van der Waals surface area contributed by atoms with Gasteiger partial charge in [0.15, 0.2) is 5.58 Å². The lowest BCUT2D eigenvalue weighted by atomic mass is 9.81. The minimum Gasteiger partial charge on any atom is -0.481 e. The van der Waals surface area contributed by atoms with Crippen LogP contribution < -0.4 is 15.4 Å². The first-order chi connectivity index (χ1) is 16.8. The topological polar surface area (TPSA) is 114 Å². The number of methoxy groups -OCH3 is 1. The molecule has 0 unspecified atom stereocenters. The molecule has 184 valence electrons. The van der Waals surface area contributed by atoms with E-state index in [1.165, 1.54) is 7.11 Å². The predicted molar refractivity (Wildman–Crippen MR) is 132 cm³/mol. The third-order valence-corrected chi connectivity index (χ3v) is 6.37. The van der Waals surface area contributed by atoms with Crippen molar-refractivity contribution < 1.29 is 23.5 Å². The van der Waals surface area contributed by atoms with Crippen LogP contribution in [-0.2, 0) is 9.59 Å². The standard InChI is InChI=1S/C26H30N4O5/c1-15-5-11-18(12-6-15)27-25(32)23-22(21-19(35-23)13-14-20(28-21)34-4)29-24(31)16-7-9-17(10-8-16)26(33)30(2)3/h5-6,11-14,16-17H,7-10H2,1-4H3,(H,27,32)(H,29,31)/t16-,17-. The molecule has 9 heteroatoms. The smallest absolute Gasteiger partial charge is 0.293 e. The molecule has 2 N–H and O–H groups in total. The number of aryl methyl sites for hydroxylation is 1. The maximum absolute atomic E-state index is 13.2. The Kier molecular flexibility index (Phi) is 7.04. The summed E-state index contributed by atoms with van der Waals surface area (Å²) < 4.78 is 11.1. The number of amides is 3. The zero-order valence-electron chi connectivity index (χ0n) is 20.4. The Labute approximate surface area is 203 Å². The van der Waals surface area contributed by atoms with Gasteiger partial charge in [-0.25, -0.2) is 4.98 Å². The van der Waals surface area contributed by atoms with Gasteiger partial charge in [0.05, 0.1) is 7.11 Å². The minimum absolute atomic E-state index is 0.0360. The Morgan fingerprint density at radius 3 is 2.26 bits per heavy atom. The highest BCUT2D eigenvalue weighted by atomic mass is 16.5. The molecule has 0 spiro atoms. The van der Waals surface area contributed by atoms with Crippen molar-refractivity contribution in [1.29, 1.82) is 0 Å². The molecule has 3 amide bonds. The number of aromatic nitrogens is 1. The van der Waals surface area contributed by atoms with Crippen molar-refractivity contribution in [2.45, 2.75) is 32.6 Å². The number of nitrogens with one attached hydrogen (secondary N) is 2. The molecular weight excluding hydrogens is 448 g/mol. The fourth-order valence-corrected chi connectivity index (χ4v) is 4.37. The predicted octanol–water partition coefficient (Wildman–Crippen LogP) is 4.23. The van der Waals surface area contributed by atoms with E-state index in [0.29, 0.717) is 48.4 Å². The fraction of sp³-hybridized carbons (Fsp3) is 0.385. The highest BCUT2D eigenvalue weighted by molar-refractivity contribution is 6.14. The molecule has 1 saturated carbocycles. The molecular formula is C26H30N4O5. The van der Waals surface area contributed by atoms with E-state index in [0.717, 1.165) is 5.56 Å². The van der Waals surface area contributed by atoms with Crippen molar-refractivity contribution in [3.05, 3.63) is 47.7 Å². The van der Waals surface area contributed by atoms with Gasteiger partial charge in [0.2, 0.25) is 23.5 Å². The number of furan rings is 1. The summed E-state index contributed by atoms with van der Waals surface area (Å²) in [5.74, 6) is -0.668. The summed E-state index contributed by atoms with van der Waals surface area (Å²) in [6.07, 6.45) is 2.48. The molecule has 0 bridgehead atoms. The van der Waals surface area contributed by atoms with Crippen LogP contribution in [0.3, 0.4) is 0 Å². The first-order valence-corrected chi connectivity index (χ1v) is 11.6. The number of nitrogens with zero attached hydrogens (tertiary/aromatic N) is 2. The third-order valence-electron chi connectivity index (χ3n) is 6.37. The summed E-state index contributed by atoms with van der Waals surface area (Å²) in [6, 6.07) is 10.6. The Bertz CT molecular complexity index is 1240. The van der Waals surface area contributed by atoms with Crippen LogP contribution in [0.2, 0.25) is 0 Å². The molecule has 3 aromatic rings. The minimum atomic E-state index is -0.499. The van der Waals surface area contributed by atoms with Gasteiger partial charge in [-0.2, -0.15) is 0 Å². The van der Waals surface area contributed by atoms with Crippen molar-refractivity contribution in [3.63, 3.8) is 0 Å². The van der Waals surface area contributed by atoms with Crippen molar-refractivity contribution in [1.82, 2.24) is 9.88 Å². The molecule has 35 heavy (non-hydrogen) atoms. The van der Waals surface area contributed by atoms with E-state index in [4.69, 9.17) is 9.15 Å². The normalized spacial score (nSPS) is 17.6. The van der Waals surface area contributed by atoms with Gasteiger partial charge in [0.25, 0.3) is 5.91 Å². The summed E-state index contributed by atoms with van der Waals surface area (Å²) in [4.78, 5) is 44.6. The van der Waals surface area contributed by atoms with Gasteiger partial charge in [-0.15, -0.1) is 0 Å². The number of hydrogen-bond donors (Lipinski definition) is 2. The lowest BCUT2D eigenvalue weighted by Gasteiger charge is -2.28. The summed E-state index contributed by atoms with van der Waals surface area (Å²) in [5.41, 5.74) is 2.57. The quantitative estimate of drug-likeness (QED) is 0.548. The van der Waals surface area contributed by atoms with Crippen LogP contribution in [0.25, 0.3) is 11.1 Å². The first kappa shape index (κ1) is 24.3. The maximum Gasteiger partial charge on any atom is 0.293 e. The van der Waals surface area contributed by atoms with Crippen LogP contribution in [0.5, 0.6) is 5.88 Å². The second-order valence-corrected chi connectivity index (χ2v) is 9.10. The molecule has 0 saturated heterocycles. The third kappa shape index (κ3) is 5.29. The van der Waals surface area contributed by atoms with Crippen molar-refractivity contribution >= 4 is 40.2 Å². The van der Waals surface area contributed by atoms with Gasteiger partial charge in [0.1, 0.15) is 11.2 Å². The second-order valence-electron chi connectivity index (χ2n) is 9.10. The van der Waals surface area contributed by atoms with Crippen molar-refractivity contribution in [3.8, 4) is 5.88 Å². The van der Waals surface area contributed by atoms with E-state index >= 15 is 0 Å². The van der Waals surface area contributed by atoms with E-state index in [2.05, 4.69) is 15.6 Å². The maximum atomic E-state index is 13.2. The zero-order chi connectivity index (χ0) is 25.1. The molecule has 0 aliphatic heterocycles. The van der Waals surface area contributed by atoms with E-state index in [-0.39, 0.29) is 35.1 Å². The van der Waals surface area contributed by atoms with Crippen LogP contribution in [0.4, 0.5) is 11.4 Å². The number of benzene rings is 1. The molecule has 0 radical (unpaired) electrons. The highest BCUT2D eigenvalue weighted by Crippen LogP contribution is 2.35. The molecule has 1 fully saturated rings. The van der Waals surface area contributed by atoms with Gasteiger partial charge in [-0.3, -0.25) is 14.4 Å². The molecule has 0 atom stereocenters. The number of pyridine rings is 1. The highest BCUT2D eigenvalue weighted by Gasteiger charge is 2.32. The van der Waals surface area contributed by atoms with Gasteiger partial charge < -0.3 is 24.7 Å². The van der Waals surface area contributed by atoms with Crippen LogP contribution in [-0.4, -0.2) is 48.8 Å². The van der Waals surface area contributed by atoms with Gasteiger partial charge in [0, 0.05) is 37.7 Å². The zero-order valence-corrected chi connectivity index (χ0v) is 20.4. The average Bonchev–Trinajstić information content (AvgIpc) is 3.22. The molecule has 1 aliphatic rings. The van der Waals surface area contributed by atoms with E-state index in [1.54, 1.807) is 43.3 Å². The number of ether oxygens (including phenoxy) is 1. The van der Waals surface area contributed by atoms with Gasteiger partial charge >= 0.3 is 0 Å². The van der Waals surface area contributed by atoms with E-state index in [9.17, 15) is 14.4 Å². The number of carbonyl (C=O) groups is 3.